The second kappa shape index (κ2) is 4.20. The molecule has 0 aromatic carbocycles. The Balaban J connectivity index is 1.88. The highest BCUT2D eigenvalue weighted by Gasteiger charge is 2.24. The summed E-state index contributed by atoms with van der Waals surface area (Å²) in [7, 11) is -3.72. The first-order valence-electron chi connectivity index (χ1n) is 5.30. The predicted molar refractivity (Wildman–Crippen MR) is 59.1 cm³/mol. The van der Waals surface area contributed by atoms with Crippen molar-refractivity contribution in [2.45, 2.75) is 37.4 Å². The SMILES string of the molecule is CC1CC(NCc2ccc(S(N)(=O)=O)o2)C1. The van der Waals surface area contributed by atoms with Crippen molar-refractivity contribution in [1.82, 2.24) is 5.32 Å². The van der Waals surface area contributed by atoms with E-state index in [1.165, 1.54) is 18.9 Å². The van der Waals surface area contributed by atoms with Gasteiger partial charge in [0.1, 0.15) is 5.76 Å². The molecular weight excluding hydrogens is 228 g/mol. The largest absolute Gasteiger partial charge is 0.447 e. The molecule has 0 amide bonds. The summed E-state index contributed by atoms with van der Waals surface area (Å²) in [5.41, 5.74) is 0. The molecule has 0 atom stereocenters. The standard InChI is InChI=1S/C10H16N2O3S/c1-7-4-8(5-7)12-6-9-2-3-10(15-9)16(11,13)14/h2-3,7-8,12H,4-6H2,1H3,(H2,11,13,14). The lowest BCUT2D eigenvalue weighted by molar-refractivity contribution is 0.233. The minimum atomic E-state index is -3.72. The smallest absolute Gasteiger partial charge is 0.271 e. The first kappa shape index (κ1) is 11.6. The molecule has 2 rings (SSSR count). The van der Waals surface area contributed by atoms with Crippen molar-refractivity contribution >= 4 is 10.0 Å². The van der Waals surface area contributed by atoms with E-state index in [2.05, 4.69) is 12.2 Å². The third kappa shape index (κ3) is 2.63. The Kier molecular flexibility index (Phi) is 3.05. The van der Waals surface area contributed by atoms with Crippen LogP contribution >= 0.6 is 0 Å². The highest BCUT2D eigenvalue weighted by Crippen LogP contribution is 2.26. The lowest BCUT2D eigenvalue weighted by Gasteiger charge is -2.33. The molecule has 6 heteroatoms. The summed E-state index contributed by atoms with van der Waals surface area (Å²) in [6.07, 6.45) is 2.34. The van der Waals surface area contributed by atoms with Crippen LogP contribution in [0.4, 0.5) is 0 Å². The van der Waals surface area contributed by atoms with Crippen LogP contribution in [0.25, 0.3) is 0 Å². The summed E-state index contributed by atoms with van der Waals surface area (Å²) < 4.78 is 27.0. The van der Waals surface area contributed by atoms with Crippen LogP contribution in [0.3, 0.4) is 0 Å². The molecule has 0 spiro atoms. The summed E-state index contributed by atoms with van der Waals surface area (Å²) >= 11 is 0. The molecule has 16 heavy (non-hydrogen) atoms. The lowest BCUT2D eigenvalue weighted by atomic mass is 9.82. The fourth-order valence-corrected chi connectivity index (χ4v) is 2.40. The molecule has 1 heterocycles. The Morgan fingerprint density at radius 2 is 2.19 bits per heavy atom. The zero-order valence-electron chi connectivity index (χ0n) is 9.14. The number of rotatable bonds is 4. The Hall–Kier alpha value is -0.850. The zero-order valence-corrected chi connectivity index (χ0v) is 9.96. The maximum atomic E-state index is 11.0. The first-order valence-corrected chi connectivity index (χ1v) is 6.84. The molecule has 90 valence electrons. The normalized spacial score (nSPS) is 25.4. The van der Waals surface area contributed by atoms with Crippen molar-refractivity contribution in [3.63, 3.8) is 0 Å². The van der Waals surface area contributed by atoms with Crippen LogP contribution in [-0.4, -0.2) is 14.5 Å². The monoisotopic (exact) mass is 244 g/mol. The van der Waals surface area contributed by atoms with Crippen LogP contribution in [0.15, 0.2) is 21.6 Å². The Morgan fingerprint density at radius 3 is 2.69 bits per heavy atom. The fourth-order valence-electron chi connectivity index (χ4n) is 1.92. The minimum absolute atomic E-state index is 0.175. The fraction of sp³-hybridized carbons (Fsp3) is 0.600. The van der Waals surface area contributed by atoms with Crippen LogP contribution < -0.4 is 10.5 Å². The average molecular weight is 244 g/mol. The number of hydrogen-bond acceptors (Lipinski definition) is 4. The van der Waals surface area contributed by atoms with E-state index in [-0.39, 0.29) is 5.09 Å². The summed E-state index contributed by atoms with van der Waals surface area (Å²) in [6.45, 7) is 2.76. The van der Waals surface area contributed by atoms with E-state index in [9.17, 15) is 8.42 Å². The van der Waals surface area contributed by atoms with Gasteiger partial charge in [0.05, 0.1) is 6.54 Å². The molecule has 0 bridgehead atoms. The lowest BCUT2D eigenvalue weighted by Crippen LogP contribution is -2.39. The number of furan rings is 1. The van der Waals surface area contributed by atoms with Gasteiger partial charge in [0.15, 0.2) is 0 Å². The predicted octanol–water partition coefficient (Wildman–Crippen LogP) is 0.815. The Labute approximate surface area is 95.1 Å². The number of nitrogens with two attached hydrogens (primary N) is 1. The molecule has 0 radical (unpaired) electrons. The quantitative estimate of drug-likeness (QED) is 0.821. The second-order valence-corrected chi connectivity index (χ2v) is 5.91. The van der Waals surface area contributed by atoms with E-state index in [4.69, 9.17) is 9.56 Å². The van der Waals surface area contributed by atoms with Gasteiger partial charge in [-0.15, -0.1) is 0 Å². The summed E-state index contributed by atoms with van der Waals surface area (Å²) in [4.78, 5) is 0. The van der Waals surface area contributed by atoms with Crippen LogP contribution in [0.1, 0.15) is 25.5 Å². The van der Waals surface area contributed by atoms with Gasteiger partial charge in [0.2, 0.25) is 5.09 Å². The maximum Gasteiger partial charge on any atom is 0.271 e. The highest BCUT2D eigenvalue weighted by molar-refractivity contribution is 7.89. The van der Waals surface area contributed by atoms with Crippen molar-refractivity contribution < 1.29 is 12.8 Å². The molecule has 5 nitrogen and oxygen atoms in total. The molecule has 0 saturated heterocycles. The maximum absolute atomic E-state index is 11.0. The van der Waals surface area contributed by atoms with Gasteiger partial charge in [-0.3, -0.25) is 0 Å². The van der Waals surface area contributed by atoms with E-state index < -0.39 is 10.0 Å². The van der Waals surface area contributed by atoms with Gasteiger partial charge in [-0.2, -0.15) is 0 Å². The van der Waals surface area contributed by atoms with Gasteiger partial charge in [0.25, 0.3) is 10.0 Å². The Morgan fingerprint density at radius 1 is 1.50 bits per heavy atom. The third-order valence-electron chi connectivity index (χ3n) is 2.86. The van der Waals surface area contributed by atoms with Gasteiger partial charge in [-0.1, -0.05) is 6.92 Å². The van der Waals surface area contributed by atoms with Crippen molar-refractivity contribution in [3.8, 4) is 0 Å². The molecule has 1 aliphatic carbocycles. The van der Waals surface area contributed by atoms with Gasteiger partial charge >= 0.3 is 0 Å². The third-order valence-corrected chi connectivity index (χ3v) is 3.64. The minimum Gasteiger partial charge on any atom is -0.447 e. The van der Waals surface area contributed by atoms with Crippen molar-refractivity contribution in [3.05, 3.63) is 17.9 Å². The number of sulfonamides is 1. The van der Waals surface area contributed by atoms with Crippen molar-refractivity contribution in [1.29, 1.82) is 0 Å². The molecule has 0 unspecified atom stereocenters. The van der Waals surface area contributed by atoms with E-state index >= 15 is 0 Å². The molecule has 1 aromatic heterocycles. The average Bonchev–Trinajstić information content (AvgIpc) is 2.58. The summed E-state index contributed by atoms with van der Waals surface area (Å²) in [5, 5.41) is 8.07. The van der Waals surface area contributed by atoms with Gasteiger partial charge in [0, 0.05) is 6.04 Å². The summed E-state index contributed by atoms with van der Waals surface area (Å²) in [6, 6.07) is 3.54. The van der Waals surface area contributed by atoms with Crippen LogP contribution in [0.5, 0.6) is 0 Å². The highest BCUT2D eigenvalue weighted by atomic mass is 32.2. The topological polar surface area (TPSA) is 85.3 Å². The molecule has 1 fully saturated rings. The molecular formula is C10H16N2O3S. The van der Waals surface area contributed by atoms with Crippen LogP contribution in [0, 0.1) is 5.92 Å². The van der Waals surface area contributed by atoms with E-state index in [0.717, 1.165) is 5.92 Å². The van der Waals surface area contributed by atoms with Gasteiger partial charge in [-0.05, 0) is 30.9 Å². The van der Waals surface area contributed by atoms with Crippen molar-refractivity contribution in [2.75, 3.05) is 0 Å². The first-order chi connectivity index (χ1) is 7.45. The van der Waals surface area contributed by atoms with E-state index in [0.29, 0.717) is 18.3 Å². The van der Waals surface area contributed by atoms with Crippen LogP contribution in [0.2, 0.25) is 0 Å². The second-order valence-electron chi connectivity index (χ2n) is 4.42. The van der Waals surface area contributed by atoms with E-state index in [1.54, 1.807) is 6.07 Å². The molecule has 3 N–H and O–H groups in total. The number of nitrogens with one attached hydrogen (secondary N) is 1. The van der Waals surface area contributed by atoms with Crippen molar-refractivity contribution in [2.24, 2.45) is 11.1 Å². The van der Waals surface area contributed by atoms with Gasteiger partial charge < -0.3 is 9.73 Å². The zero-order chi connectivity index (χ0) is 11.8. The van der Waals surface area contributed by atoms with Crippen LogP contribution in [-0.2, 0) is 16.6 Å². The number of hydrogen-bond donors (Lipinski definition) is 2. The van der Waals surface area contributed by atoms with E-state index in [1.807, 2.05) is 0 Å². The molecule has 1 aromatic rings. The Bertz CT molecular complexity index is 460. The molecule has 1 saturated carbocycles. The summed E-state index contributed by atoms with van der Waals surface area (Å²) in [5.74, 6) is 1.39. The van der Waals surface area contributed by atoms with Gasteiger partial charge in [-0.25, -0.2) is 13.6 Å². The molecule has 1 aliphatic rings. The number of primary sulfonamides is 1. The molecule has 0 aliphatic heterocycles.